The van der Waals surface area contributed by atoms with E-state index in [9.17, 15) is 15.0 Å². The second-order valence-corrected chi connectivity index (χ2v) is 8.39. The summed E-state index contributed by atoms with van der Waals surface area (Å²) in [6.45, 7) is 3.92. The minimum absolute atomic E-state index is 0.135. The van der Waals surface area contributed by atoms with E-state index in [4.69, 9.17) is 0 Å². The van der Waals surface area contributed by atoms with Crippen LogP contribution in [0.2, 0.25) is 0 Å². The molecule has 4 heteroatoms. The van der Waals surface area contributed by atoms with Gasteiger partial charge in [0.25, 0.3) is 0 Å². The Labute approximate surface area is 191 Å². The maximum atomic E-state index is 11.6. The van der Waals surface area contributed by atoms with Gasteiger partial charge in [-0.25, -0.2) is 0 Å². The van der Waals surface area contributed by atoms with E-state index in [-0.39, 0.29) is 12.5 Å². The molecule has 0 bridgehead atoms. The zero-order valence-electron chi connectivity index (χ0n) is 20.2. The van der Waals surface area contributed by atoms with Crippen LogP contribution in [0.1, 0.15) is 110 Å². The topological polar surface area (TPSA) is 69.6 Å². The average molecular weight is 436 g/mol. The number of nitrogens with one attached hydrogen (secondary N) is 1. The lowest BCUT2D eigenvalue weighted by Crippen LogP contribution is -2.45. The van der Waals surface area contributed by atoms with Crippen LogP contribution < -0.4 is 5.32 Å². The third kappa shape index (κ3) is 20.3. The molecule has 0 radical (unpaired) electrons. The summed E-state index contributed by atoms with van der Waals surface area (Å²) in [4.78, 5) is 11.6. The fourth-order valence-corrected chi connectivity index (χ4v) is 3.37. The molecule has 0 aromatic heterocycles. The largest absolute Gasteiger partial charge is 0.394 e. The number of hydrogen-bond donors (Lipinski definition) is 3. The monoisotopic (exact) mass is 435 g/mol. The van der Waals surface area contributed by atoms with Gasteiger partial charge >= 0.3 is 0 Å². The number of carbonyl (C=O) groups is 1. The number of aliphatic hydroxyl groups excluding tert-OH is 2. The lowest BCUT2D eigenvalue weighted by Gasteiger charge is -2.19. The van der Waals surface area contributed by atoms with Crippen molar-refractivity contribution in [2.45, 2.75) is 122 Å². The van der Waals surface area contributed by atoms with Gasteiger partial charge in [-0.2, -0.15) is 0 Å². The second kappa shape index (κ2) is 23.3. The van der Waals surface area contributed by atoms with Crippen LogP contribution in [-0.4, -0.2) is 34.9 Å². The van der Waals surface area contributed by atoms with Gasteiger partial charge < -0.3 is 15.5 Å². The standard InChI is InChI=1S/C27H49NO3/c1-3-5-6-7-8-9-10-11-12-13-14-15-16-17-18-19-20-21-23-26(30)25(24-29)28-27(31)22-4-2/h13-14,17-18,21,23,25-26,29-30H,3-12,15-16,19-20,22,24H2,1-2H3,(H,28,31)/b14-13+,18-17+,23-21+. The molecule has 0 saturated heterocycles. The van der Waals surface area contributed by atoms with Crippen molar-refractivity contribution in [2.75, 3.05) is 6.61 Å². The first kappa shape index (κ1) is 29.6. The highest BCUT2D eigenvalue weighted by molar-refractivity contribution is 5.76. The van der Waals surface area contributed by atoms with Crippen molar-refractivity contribution in [1.29, 1.82) is 0 Å². The van der Waals surface area contributed by atoms with Crippen LogP contribution in [0.15, 0.2) is 36.5 Å². The van der Waals surface area contributed by atoms with Crippen molar-refractivity contribution in [3.63, 3.8) is 0 Å². The number of hydrogen-bond acceptors (Lipinski definition) is 3. The van der Waals surface area contributed by atoms with E-state index in [0.29, 0.717) is 6.42 Å². The van der Waals surface area contributed by atoms with Crippen LogP contribution in [-0.2, 0) is 4.79 Å². The van der Waals surface area contributed by atoms with Crippen molar-refractivity contribution in [2.24, 2.45) is 0 Å². The normalized spacial score (nSPS) is 14.1. The van der Waals surface area contributed by atoms with E-state index in [2.05, 4.69) is 36.5 Å². The van der Waals surface area contributed by atoms with Crippen LogP contribution in [0.5, 0.6) is 0 Å². The molecule has 0 aliphatic rings. The lowest BCUT2D eigenvalue weighted by atomic mass is 10.1. The molecule has 180 valence electrons. The highest BCUT2D eigenvalue weighted by atomic mass is 16.3. The Morgan fingerprint density at radius 1 is 0.742 bits per heavy atom. The molecule has 0 heterocycles. The quantitative estimate of drug-likeness (QED) is 0.145. The van der Waals surface area contributed by atoms with Crippen LogP contribution in [0.4, 0.5) is 0 Å². The van der Waals surface area contributed by atoms with E-state index in [0.717, 1.165) is 32.1 Å². The molecule has 31 heavy (non-hydrogen) atoms. The Bertz CT molecular complexity index is 485. The van der Waals surface area contributed by atoms with Gasteiger partial charge in [-0.05, 0) is 44.9 Å². The van der Waals surface area contributed by atoms with Crippen molar-refractivity contribution < 1.29 is 15.0 Å². The van der Waals surface area contributed by atoms with Gasteiger partial charge in [0, 0.05) is 6.42 Å². The Hall–Kier alpha value is -1.39. The maximum Gasteiger partial charge on any atom is 0.220 e. The fourth-order valence-electron chi connectivity index (χ4n) is 3.37. The van der Waals surface area contributed by atoms with Crippen molar-refractivity contribution in [3.05, 3.63) is 36.5 Å². The number of carbonyl (C=O) groups excluding carboxylic acids is 1. The van der Waals surface area contributed by atoms with E-state index in [1.165, 1.54) is 57.8 Å². The predicted molar refractivity (Wildman–Crippen MR) is 133 cm³/mol. The van der Waals surface area contributed by atoms with Crippen molar-refractivity contribution >= 4 is 5.91 Å². The molecule has 0 aliphatic carbocycles. The molecule has 0 fully saturated rings. The summed E-state index contributed by atoms with van der Waals surface area (Å²) in [6, 6.07) is -0.636. The SMILES string of the molecule is CCCCCCCCCC/C=C/CC/C=C/CC/C=C/C(O)C(CO)NC(=O)CCC. The van der Waals surface area contributed by atoms with Gasteiger partial charge in [-0.15, -0.1) is 0 Å². The number of amides is 1. The van der Waals surface area contributed by atoms with E-state index in [1.54, 1.807) is 6.08 Å². The minimum Gasteiger partial charge on any atom is -0.394 e. The van der Waals surface area contributed by atoms with Crippen LogP contribution in [0.3, 0.4) is 0 Å². The van der Waals surface area contributed by atoms with Gasteiger partial charge in [-0.1, -0.05) is 95.2 Å². The van der Waals surface area contributed by atoms with E-state index in [1.807, 2.05) is 13.0 Å². The molecule has 2 atom stereocenters. The molecule has 2 unspecified atom stereocenters. The molecule has 0 aromatic carbocycles. The third-order valence-corrected chi connectivity index (χ3v) is 5.32. The maximum absolute atomic E-state index is 11.6. The average Bonchev–Trinajstić information content (AvgIpc) is 2.76. The van der Waals surface area contributed by atoms with Gasteiger partial charge in [-0.3, -0.25) is 4.79 Å². The van der Waals surface area contributed by atoms with Crippen LogP contribution >= 0.6 is 0 Å². The smallest absolute Gasteiger partial charge is 0.220 e. The highest BCUT2D eigenvalue weighted by Crippen LogP contribution is 2.10. The van der Waals surface area contributed by atoms with Crippen molar-refractivity contribution in [3.8, 4) is 0 Å². The molecule has 0 spiro atoms. The van der Waals surface area contributed by atoms with Crippen LogP contribution in [0.25, 0.3) is 0 Å². The molecule has 0 saturated carbocycles. The molecule has 3 N–H and O–H groups in total. The summed E-state index contributed by atoms with van der Waals surface area (Å²) in [5.41, 5.74) is 0. The molecule has 0 rings (SSSR count). The highest BCUT2D eigenvalue weighted by Gasteiger charge is 2.17. The molecule has 0 aromatic rings. The van der Waals surface area contributed by atoms with Gasteiger partial charge in [0.15, 0.2) is 0 Å². The van der Waals surface area contributed by atoms with Crippen molar-refractivity contribution in [1.82, 2.24) is 5.32 Å². The first-order valence-corrected chi connectivity index (χ1v) is 12.7. The molecule has 4 nitrogen and oxygen atoms in total. The van der Waals surface area contributed by atoms with Gasteiger partial charge in [0.05, 0.1) is 18.8 Å². The Kier molecular flexibility index (Phi) is 22.2. The Balaban J connectivity index is 3.65. The first-order valence-electron chi connectivity index (χ1n) is 12.7. The summed E-state index contributed by atoms with van der Waals surface area (Å²) in [5, 5.41) is 22.1. The number of rotatable bonds is 21. The zero-order valence-corrected chi connectivity index (χ0v) is 20.2. The van der Waals surface area contributed by atoms with Gasteiger partial charge in [0.1, 0.15) is 0 Å². The Morgan fingerprint density at radius 2 is 1.26 bits per heavy atom. The van der Waals surface area contributed by atoms with E-state index < -0.39 is 12.1 Å². The molecular formula is C27H49NO3. The zero-order chi connectivity index (χ0) is 23.0. The molecule has 0 aliphatic heterocycles. The lowest BCUT2D eigenvalue weighted by molar-refractivity contribution is -0.122. The summed E-state index contributed by atoms with van der Waals surface area (Å²) >= 11 is 0. The number of allylic oxidation sites excluding steroid dienone is 5. The van der Waals surface area contributed by atoms with Crippen LogP contribution in [0, 0.1) is 0 Å². The van der Waals surface area contributed by atoms with E-state index >= 15 is 0 Å². The molecular weight excluding hydrogens is 386 g/mol. The third-order valence-electron chi connectivity index (χ3n) is 5.32. The second-order valence-electron chi connectivity index (χ2n) is 8.39. The summed E-state index contributed by atoms with van der Waals surface area (Å²) in [5.74, 6) is -0.135. The summed E-state index contributed by atoms with van der Waals surface area (Å²) in [7, 11) is 0. The predicted octanol–water partition coefficient (Wildman–Crippen LogP) is 6.38. The summed E-state index contributed by atoms with van der Waals surface area (Å²) < 4.78 is 0. The fraction of sp³-hybridized carbons (Fsp3) is 0.741. The minimum atomic E-state index is -0.860. The Morgan fingerprint density at radius 3 is 1.81 bits per heavy atom. The number of unbranched alkanes of at least 4 members (excludes halogenated alkanes) is 10. The molecule has 1 amide bonds. The summed E-state index contributed by atoms with van der Waals surface area (Å²) in [6.07, 6.45) is 29.0. The van der Waals surface area contributed by atoms with Gasteiger partial charge in [0.2, 0.25) is 5.91 Å². The first-order chi connectivity index (χ1) is 15.2. The number of aliphatic hydroxyl groups is 2.